The first-order chi connectivity index (χ1) is 9.60. The van der Waals surface area contributed by atoms with E-state index in [2.05, 4.69) is 12.1 Å². The minimum Gasteiger partial charge on any atom is -0.207 e. The maximum absolute atomic E-state index is 12.3. The van der Waals surface area contributed by atoms with Crippen molar-refractivity contribution in [3.05, 3.63) is 66.2 Å². The third kappa shape index (κ3) is 3.68. The van der Waals surface area contributed by atoms with Crippen molar-refractivity contribution in [2.45, 2.75) is 17.7 Å². The second kappa shape index (κ2) is 6.68. The molecule has 0 fully saturated rings. The molecule has 0 spiro atoms. The largest absolute Gasteiger partial charge is 0.242 e. The average molecular weight is 289 g/mol. The van der Waals surface area contributed by atoms with Crippen LogP contribution in [0.1, 0.15) is 12.0 Å². The van der Waals surface area contributed by atoms with Gasteiger partial charge in [-0.25, -0.2) is 12.7 Å². The van der Waals surface area contributed by atoms with E-state index in [1.165, 1.54) is 9.87 Å². The Labute approximate surface area is 120 Å². The van der Waals surface area contributed by atoms with Crippen molar-refractivity contribution in [2.24, 2.45) is 0 Å². The summed E-state index contributed by atoms with van der Waals surface area (Å²) in [7, 11) is -1.73. The van der Waals surface area contributed by atoms with E-state index in [-0.39, 0.29) is 0 Å². The summed E-state index contributed by atoms with van der Waals surface area (Å²) in [4.78, 5) is 0.349. The molecule has 0 amide bonds. The van der Waals surface area contributed by atoms with Gasteiger partial charge in [-0.15, -0.1) is 0 Å². The van der Waals surface area contributed by atoms with E-state index in [0.717, 1.165) is 12.8 Å². The van der Waals surface area contributed by atoms with Crippen LogP contribution >= 0.6 is 0 Å². The number of hydrogen-bond acceptors (Lipinski definition) is 2. The van der Waals surface area contributed by atoms with Gasteiger partial charge in [-0.1, -0.05) is 48.5 Å². The van der Waals surface area contributed by atoms with Gasteiger partial charge < -0.3 is 0 Å². The molecule has 0 atom stereocenters. The van der Waals surface area contributed by atoms with Crippen LogP contribution in [0.4, 0.5) is 0 Å². The van der Waals surface area contributed by atoms with Gasteiger partial charge in [0.15, 0.2) is 0 Å². The number of hydrogen-bond donors (Lipinski definition) is 0. The van der Waals surface area contributed by atoms with Gasteiger partial charge >= 0.3 is 0 Å². The molecule has 0 saturated carbocycles. The van der Waals surface area contributed by atoms with E-state index in [9.17, 15) is 8.42 Å². The molecule has 2 aromatic rings. The molecule has 0 aliphatic heterocycles. The van der Waals surface area contributed by atoms with Gasteiger partial charge in [0.25, 0.3) is 0 Å². The molecule has 0 unspecified atom stereocenters. The molecule has 0 heterocycles. The van der Waals surface area contributed by atoms with Gasteiger partial charge in [0.1, 0.15) is 0 Å². The Morgan fingerprint density at radius 3 is 2.05 bits per heavy atom. The summed E-state index contributed by atoms with van der Waals surface area (Å²) in [6, 6.07) is 18.7. The summed E-state index contributed by atoms with van der Waals surface area (Å²) in [6.45, 7) is 0.520. The van der Waals surface area contributed by atoms with E-state index in [0.29, 0.717) is 11.4 Å². The first kappa shape index (κ1) is 14.8. The zero-order valence-corrected chi connectivity index (χ0v) is 12.4. The quantitative estimate of drug-likeness (QED) is 0.820. The predicted molar refractivity (Wildman–Crippen MR) is 81.0 cm³/mol. The lowest BCUT2D eigenvalue weighted by atomic mass is 10.1. The molecule has 4 heteroatoms. The minimum atomic E-state index is -3.36. The molecule has 3 nitrogen and oxygen atoms in total. The maximum atomic E-state index is 12.3. The first-order valence-electron chi connectivity index (χ1n) is 6.66. The van der Waals surface area contributed by atoms with Crippen LogP contribution in [-0.2, 0) is 16.4 Å². The summed E-state index contributed by atoms with van der Waals surface area (Å²) >= 11 is 0. The maximum Gasteiger partial charge on any atom is 0.242 e. The van der Waals surface area contributed by atoms with E-state index in [1.807, 2.05) is 24.3 Å². The Kier molecular flexibility index (Phi) is 4.93. The lowest BCUT2D eigenvalue weighted by molar-refractivity contribution is 0.461. The Morgan fingerprint density at radius 1 is 0.900 bits per heavy atom. The first-order valence-corrected chi connectivity index (χ1v) is 8.10. The lowest BCUT2D eigenvalue weighted by Crippen LogP contribution is -2.28. The third-order valence-corrected chi connectivity index (χ3v) is 5.10. The van der Waals surface area contributed by atoms with Crippen molar-refractivity contribution in [2.75, 3.05) is 13.6 Å². The molecule has 0 aromatic heterocycles. The lowest BCUT2D eigenvalue weighted by Gasteiger charge is -2.17. The van der Waals surface area contributed by atoms with Gasteiger partial charge in [0.05, 0.1) is 4.90 Å². The van der Waals surface area contributed by atoms with Gasteiger partial charge in [0.2, 0.25) is 10.0 Å². The summed E-state index contributed by atoms with van der Waals surface area (Å²) in [5, 5.41) is 0. The fourth-order valence-electron chi connectivity index (χ4n) is 2.04. The number of nitrogens with zero attached hydrogens (tertiary/aromatic N) is 1. The van der Waals surface area contributed by atoms with E-state index >= 15 is 0 Å². The van der Waals surface area contributed by atoms with Gasteiger partial charge in [-0.05, 0) is 30.5 Å². The SMILES string of the molecule is CN(CCCc1ccccc1)S(=O)(=O)c1ccccc1. The zero-order chi connectivity index (χ0) is 14.4. The number of aryl methyl sites for hydroxylation is 1. The molecule has 0 N–H and O–H groups in total. The standard InChI is InChI=1S/C16H19NO2S/c1-17(14-8-11-15-9-4-2-5-10-15)20(18,19)16-12-6-3-7-13-16/h2-7,9-10,12-13H,8,11,14H2,1H3. The molecule has 2 aromatic carbocycles. The summed E-state index contributed by atoms with van der Waals surface area (Å²) in [5.74, 6) is 0. The number of rotatable bonds is 6. The van der Waals surface area contributed by atoms with Gasteiger partial charge in [-0.2, -0.15) is 0 Å². The van der Waals surface area contributed by atoms with E-state index < -0.39 is 10.0 Å². The van der Waals surface area contributed by atoms with Crippen LogP contribution in [0.2, 0.25) is 0 Å². The highest BCUT2D eigenvalue weighted by atomic mass is 32.2. The second-order valence-electron chi connectivity index (χ2n) is 4.73. The predicted octanol–water partition coefficient (Wildman–Crippen LogP) is 2.94. The molecule has 20 heavy (non-hydrogen) atoms. The Bertz CT molecular complexity index is 624. The Hall–Kier alpha value is -1.65. The average Bonchev–Trinajstić information content (AvgIpc) is 2.49. The van der Waals surface area contributed by atoms with Crippen molar-refractivity contribution < 1.29 is 8.42 Å². The zero-order valence-electron chi connectivity index (χ0n) is 11.6. The number of sulfonamides is 1. The summed E-state index contributed by atoms with van der Waals surface area (Å²) < 4.78 is 26.0. The van der Waals surface area contributed by atoms with Gasteiger partial charge in [0, 0.05) is 13.6 Å². The normalized spacial score (nSPS) is 11.7. The molecule has 2 rings (SSSR count). The number of benzene rings is 2. The van der Waals surface area contributed by atoms with E-state index in [1.54, 1.807) is 31.3 Å². The second-order valence-corrected chi connectivity index (χ2v) is 6.77. The summed E-state index contributed by atoms with van der Waals surface area (Å²) in [5.41, 5.74) is 1.23. The van der Waals surface area contributed by atoms with Crippen LogP contribution in [0, 0.1) is 0 Å². The highest BCUT2D eigenvalue weighted by Gasteiger charge is 2.19. The molecule has 0 bridgehead atoms. The van der Waals surface area contributed by atoms with Crippen molar-refractivity contribution in [3.8, 4) is 0 Å². The van der Waals surface area contributed by atoms with Crippen LogP contribution in [-0.4, -0.2) is 26.3 Å². The third-order valence-electron chi connectivity index (χ3n) is 3.23. The molecule has 0 aliphatic rings. The fourth-order valence-corrected chi connectivity index (χ4v) is 3.27. The van der Waals surface area contributed by atoms with Crippen LogP contribution in [0.3, 0.4) is 0 Å². The fraction of sp³-hybridized carbons (Fsp3) is 0.250. The molecule has 0 radical (unpaired) electrons. The Morgan fingerprint density at radius 2 is 1.45 bits per heavy atom. The summed E-state index contributed by atoms with van der Waals surface area (Å²) in [6.07, 6.45) is 1.70. The minimum absolute atomic E-state index is 0.349. The van der Waals surface area contributed by atoms with Crippen molar-refractivity contribution in [1.82, 2.24) is 4.31 Å². The molecular formula is C16H19NO2S. The molecule has 0 saturated heterocycles. The van der Waals surface area contributed by atoms with Crippen molar-refractivity contribution >= 4 is 10.0 Å². The Balaban J connectivity index is 1.93. The van der Waals surface area contributed by atoms with Gasteiger partial charge in [-0.3, -0.25) is 0 Å². The molecule has 106 valence electrons. The van der Waals surface area contributed by atoms with Crippen LogP contribution in [0.25, 0.3) is 0 Å². The van der Waals surface area contributed by atoms with Crippen molar-refractivity contribution in [3.63, 3.8) is 0 Å². The monoisotopic (exact) mass is 289 g/mol. The molecular weight excluding hydrogens is 270 g/mol. The highest BCUT2D eigenvalue weighted by Crippen LogP contribution is 2.14. The highest BCUT2D eigenvalue weighted by molar-refractivity contribution is 7.89. The smallest absolute Gasteiger partial charge is 0.207 e. The molecule has 0 aliphatic carbocycles. The van der Waals surface area contributed by atoms with Crippen LogP contribution in [0.15, 0.2) is 65.6 Å². The van der Waals surface area contributed by atoms with Crippen LogP contribution in [0.5, 0.6) is 0 Å². The van der Waals surface area contributed by atoms with E-state index in [4.69, 9.17) is 0 Å². The topological polar surface area (TPSA) is 37.4 Å². The van der Waals surface area contributed by atoms with Crippen LogP contribution < -0.4 is 0 Å². The van der Waals surface area contributed by atoms with Crippen molar-refractivity contribution in [1.29, 1.82) is 0 Å².